The zero-order valence-corrected chi connectivity index (χ0v) is 34.0. The lowest BCUT2D eigenvalue weighted by molar-refractivity contribution is -0.233. The predicted molar refractivity (Wildman–Crippen MR) is 204 cm³/mol. The largest absolute Gasteiger partial charge is 0.481 e. The summed E-state index contributed by atoms with van der Waals surface area (Å²) >= 11 is 6.27. The number of aromatic nitrogens is 2. The second-order valence-corrected chi connectivity index (χ2v) is 20.3. The van der Waals surface area contributed by atoms with E-state index in [1.165, 1.54) is 5.57 Å². The highest BCUT2D eigenvalue weighted by Gasteiger charge is 2.70. The number of ether oxygens (including phenoxy) is 1. The lowest BCUT2D eigenvalue weighted by atomic mass is 9.33. The monoisotopic (exact) mass is 746 g/mol. The molecule has 5 aliphatic carbocycles. The number of ketones is 1. The third-order valence-electron chi connectivity index (χ3n) is 16.0. The second-order valence-electron chi connectivity index (χ2n) is 19.9. The molecule has 1 aromatic heterocycles. The Morgan fingerprint density at radius 3 is 2.40 bits per heavy atom. The normalized spacial score (nSPS) is 36.4. The summed E-state index contributed by atoms with van der Waals surface area (Å²) in [6, 6.07) is 7.47. The zero-order chi connectivity index (χ0) is 38.5. The lowest BCUT2D eigenvalue weighted by Crippen LogP contribution is -2.65. The number of nitrogens with zero attached hydrogens (tertiary/aromatic N) is 2. The number of esters is 1. The molecule has 1 heterocycles. The maximum atomic E-state index is 14.1. The van der Waals surface area contributed by atoms with E-state index in [-0.39, 0.29) is 51.3 Å². The smallest absolute Gasteiger partial charge is 0.309 e. The van der Waals surface area contributed by atoms with Crippen molar-refractivity contribution in [3.05, 3.63) is 46.3 Å². The quantitative estimate of drug-likeness (QED) is 0.265. The van der Waals surface area contributed by atoms with Crippen LogP contribution >= 0.6 is 11.6 Å². The Balaban J connectivity index is 1.18. The first-order valence-electron chi connectivity index (χ1n) is 20.0. The van der Waals surface area contributed by atoms with Crippen LogP contribution in [0.5, 0.6) is 0 Å². The molecule has 288 valence electrons. The average molecular weight is 747 g/mol. The maximum absolute atomic E-state index is 14.1. The number of benzene rings is 1. The molecule has 0 aliphatic heterocycles. The molecule has 0 spiro atoms. The van der Waals surface area contributed by atoms with Crippen molar-refractivity contribution < 1.29 is 28.6 Å². The Morgan fingerprint density at radius 2 is 1.72 bits per heavy atom. The van der Waals surface area contributed by atoms with E-state index in [1.807, 2.05) is 24.3 Å². The van der Waals surface area contributed by atoms with Crippen LogP contribution in [0, 0.1) is 56.2 Å². The molecule has 1 aromatic carbocycles. The van der Waals surface area contributed by atoms with E-state index in [2.05, 4.69) is 58.7 Å². The predicted octanol–water partition coefficient (Wildman–Crippen LogP) is 10.3. The van der Waals surface area contributed by atoms with E-state index in [1.54, 1.807) is 13.8 Å². The van der Waals surface area contributed by atoms with Crippen LogP contribution in [0.2, 0.25) is 5.02 Å². The van der Waals surface area contributed by atoms with Crippen LogP contribution in [0.1, 0.15) is 132 Å². The van der Waals surface area contributed by atoms with Gasteiger partial charge in [-0.05, 0) is 129 Å². The summed E-state index contributed by atoms with van der Waals surface area (Å²) < 4.78 is 12.5. The second kappa shape index (κ2) is 12.8. The van der Waals surface area contributed by atoms with Gasteiger partial charge in [0.25, 0.3) is 0 Å². The van der Waals surface area contributed by atoms with Gasteiger partial charge in [0, 0.05) is 34.3 Å². The maximum Gasteiger partial charge on any atom is 0.309 e. The van der Waals surface area contributed by atoms with E-state index in [4.69, 9.17) is 20.8 Å². The molecule has 53 heavy (non-hydrogen) atoms. The van der Waals surface area contributed by atoms with Gasteiger partial charge in [-0.1, -0.05) is 71.7 Å². The molecule has 1 unspecified atom stereocenters. The first-order chi connectivity index (χ1) is 24.7. The Morgan fingerprint density at radius 1 is 0.981 bits per heavy atom. The Bertz CT molecular complexity index is 1860. The minimum absolute atomic E-state index is 0.0180. The average Bonchev–Trinajstić information content (AvgIpc) is 3.64. The number of fused-ring (bicyclic) bond motifs is 7. The van der Waals surface area contributed by atoms with Gasteiger partial charge in [0.15, 0.2) is 5.78 Å². The number of Topliss-reactive ketones (excluding diaryl/α,β-unsaturated/α-hetero) is 1. The van der Waals surface area contributed by atoms with E-state index in [0.29, 0.717) is 47.4 Å². The van der Waals surface area contributed by atoms with Crippen molar-refractivity contribution in [2.24, 2.45) is 56.2 Å². The molecule has 2 aromatic rings. The summed E-state index contributed by atoms with van der Waals surface area (Å²) in [6.07, 6.45) is 8.76. The van der Waals surface area contributed by atoms with Crippen LogP contribution < -0.4 is 0 Å². The summed E-state index contributed by atoms with van der Waals surface area (Å²) in [5.41, 5.74) is 1.67. The van der Waals surface area contributed by atoms with Crippen LogP contribution in [0.3, 0.4) is 0 Å². The number of carboxylic acids is 1. The zero-order valence-electron chi connectivity index (χ0n) is 33.2. The van der Waals surface area contributed by atoms with Crippen molar-refractivity contribution in [2.45, 2.75) is 139 Å². The molecule has 8 nitrogen and oxygen atoms in total. The molecule has 4 saturated carbocycles. The number of allylic oxidation sites excluding steroid dienone is 2. The third kappa shape index (κ3) is 5.85. The van der Waals surface area contributed by atoms with E-state index < -0.39 is 17.4 Å². The van der Waals surface area contributed by atoms with Crippen molar-refractivity contribution in [3.63, 3.8) is 0 Å². The fourth-order valence-corrected chi connectivity index (χ4v) is 13.3. The molecule has 0 saturated heterocycles. The van der Waals surface area contributed by atoms with Gasteiger partial charge in [-0.3, -0.25) is 14.4 Å². The first-order valence-corrected chi connectivity index (χ1v) is 20.4. The van der Waals surface area contributed by atoms with Gasteiger partial charge in [0.05, 0.1) is 11.8 Å². The molecular weight excluding hydrogens is 688 g/mol. The summed E-state index contributed by atoms with van der Waals surface area (Å²) in [5.74, 6) is 1.24. The van der Waals surface area contributed by atoms with Crippen LogP contribution in [0.4, 0.5) is 0 Å². The van der Waals surface area contributed by atoms with Gasteiger partial charge in [-0.2, -0.15) is 0 Å². The van der Waals surface area contributed by atoms with Gasteiger partial charge < -0.3 is 14.3 Å². The standard InChI is InChI=1S/C44H59ClN2O6/c1-25(2)35-29(48)22-44(23-33-46-47-37(53-33)26-11-10-12-27(45)21-26)20-19-42(8)28(36(35)44)13-14-31-41(7)17-16-32(52-34(49)24-39(3,4)38(50)51)40(5,6)30(41)15-18-43(31,42)9/h10-12,21,25,28,30-32H,13-20,22-24H2,1-9H3,(H,50,51)/t28-,30?,31-,32+,41+,42-,43-,44+/m1/s1. The van der Waals surface area contributed by atoms with E-state index in [9.17, 15) is 19.5 Å². The summed E-state index contributed by atoms with van der Waals surface area (Å²) in [7, 11) is 0. The number of rotatable bonds is 8. The summed E-state index contributed by atoms with van der Waals surface area (Å²) in [4.78, 5) is 39.0. The van der Waals surface area contributed by atoms with E-state index >= 15 is 0 Å². The van der Waals surface area contributed by atoms with Crippen molar-refractivity contribution in [2.75, 3.05) is 0 Å². The number of hydrogen-bond acceptors (Lipinski definition) is 7. The molecule has 0 bridgehead atoms. The Labute approximate surface area is 320 Å². The Kier molecular flexibility index (Phi) is 9.23. The molecule has 7 rings (SSSR count). The SMILES string of the molecule is CC(C)C1=C2[C@H]3CC[C@@H]4[C@@]5(C)CC[C@H](OC(=O)CC(C)(C)C(=O)O)C(C)(C)C5CC[C@@]4(C)[C@]3(C)CC[C@@]2(Cc2nnc(-c3cccc(Cl)c3)o2)CC1=O. The topological polar surface area (TPSA) is 120 Å². The third-order valence-corrected chi connectivity index (χ3v) is 16.2. The fraction of sp³-hybridized carbons (Fsp3) is 0.705. The van der Waals surface area contributed by atoms with Crippen LogP contribution in [0.15, 0.2) is 39.8 Å². The van der Waals surface area contributed by atoms with Crippen molar-refractivity contribution in [1.82, 2.24) is 10.2 Å². The highest BCUT2D eigenvalue weighted by Crippen LogP contribution is 2.77. The molecule has 5 aliphatic rings. The van der Waals surface area contributed by atoms with Gasteiger partial charge in [-0.15, -0.1) is 10.2 Å². The first kappa shape index (κ1) is 38.3. The van der Waals surface area contributed by atoms with Crippen LogP contribution in [0.25, 0.3) is 11.5 Å². The fourth-order valence-electron chi connectivity index (χ4n) is 13.1. The summed E-state index contributed by atoms with van der Waals surface area (Å²) in [5, 5.41) is 19.2. The minimum atomic E-state index is -1.16. The van der Waals surface area contributed by atoms with Gasteiger partial charge >= 0.3 is 11.9 Å². The van der Waals surface area contributed by atoms with Crippen molar-refractivity contribution in [3.8, 4) is 11.5 Å². The van der Waals surface area contributed by atoms with Crippen molar-refractivity contribution >= 4 is 29.3 Å². The lowest BCUT2D eigenvalue weighted by Gasteiger charge is -2.72. The molecule has 0 radical (unpaired) electrons. The number of aliphatic carboxylic acids is 1. The molecule has 4 fully saturated rings. The number of carboxylic acid groups (broad SMARTS) is 1. The molecule has 1 N–H and O–H groups in total. The highest BCUT2D eigenvalue weighted by atomic mass is 35.5. The van der Waals surface area contributed by atoms with E-state index in [0.717, 1.165) is 62.5 Å². The Hall–Kier alpha value is -3.00. The van der Waals surface area contributed by atoms with Gasteiger partial charge in [-0.25, -0.2) is 0 Å². The molecular formula is C44H59ClN2O6. The van der Waals surface area contributed by atoms with Gasteiger partial charge in [0.1, 0.15) is 6.10 Å². The van der Waals surface area contributed by atoms with Crippen LogP contribution in [-0.4, -0.2) is 39.1 Å². The molecule has 9 heteroatoms. The number of carbonyl (C=O) groups excluding carboxylic acids is 2. The number of carbonyl (C=O) groups is 3. The highest BCUT2D eigenvalue weighted by molar-refractivity contribution is 6.30. The summed E-state index contributed by atoms with van der Waals surface area (Å²) in [6.45, 7) is 19.7. The van der Waals surface area contributed by atoms with Crippen LogP contribution in [-0.2, 0) is 25.5 Å². The number of hydrogen-bond donors (Lipinski definition) is 1. The number of halogens is 1. The van der Waals surface area contributed by atoms with Gasteiger partial charge in [0.2, 0.25) is 11.8 Å². The van der Waals surface area contributed by atoms with Crippen molar-refractivity contribution in [1.29, 1.82) is 0 Å². The molecule has 0 amide bonds. The minimum Gasteiger partial charge on any atom is -0.481 e. The molecule has 8 atom stereocenters.